The van der Waals surface area contributed by atoms with Crippen molar-refractivity contribution >= 4 is 22.9 Å². The lowest BCUT2D eigenvalue weighted by molar-refractivity contribution is 0.195. The molecule has 2 atom stereocenters. The van der Waals surface area contributed by atoms with E-state index in [2.05, 4.69) is 30.8 Å². The number of H-pyrrole nitrogens is 1. The lowest BCUT2D eigenvalue weighted by atomic mass is 10.1. The first-order valence-electron chi connectivity index (χ1n) is 10.1. The molecule has 0 aliphatic carbocycles. The standard InChI is InChI=1S/C23H24N6O2/c1-15(10-16(2)31-19-6-4-3-5-7-19)27-23(30)29-22-9-8-20-21(28-22)11-17(12-24-20)18-13-25-26-14-18/h3-9,11-16H,10H2,1-2H3,(H,25,26)(H2,27,28,29,30)/t15-,16+/m1/s1. The van der Waals surface area contributed by atoms with E-state index >= 15 is 0 Å². The molecule has 3 heterocycles. The Bertz CT molecular complexity index is 1150. The van der Waals surface area contributed by atoms with Crippen molar-refractivity contribution in [3.63, 3.8) is 0 Å². The molecule has 4 aromatic rings. The van der Waals surface area contributed by atoms with Crippen LogP contribution in [0.25, 0.3) is 22.2 Å². The minimum atomic E-state index is -0.315. The predicted octanol–water partition coefficient (Wildman–Crippen LogP) is 4.39. The molecule has 3 aromatic heterocycles. The highest BCUT2D eigenvalue weighted by molar-refractivity contribution is 5.90. The molecule has 2 amide bonds. The van der Waals surface area contributed by atoms with E-state index in [1.165, 1.54) is 0 Å². The smallest absolute Gasteiger partial charge is 0.320 e. The van der Waals surface area contributed by atoms with Crippen LogP contribution in [0.2, 0.25) is 0 Å². The zero-order valence-electron chi connectivity index (χ0n) is 17.4. The van der Waals surface area contributed by atoms with Crippen LogP contribution >= 0.6 is 0 Å². The van der Waals surface area contributed by atoms with Crippen molar-refractivity contribution in [3.05, 3.63) is 67.1 Å². The molecule has 158 valence electrons. The van der Waals surface area contributed by atoms with Gasteiger partial charge in [-0.05, 0) is 44.2 Å². The van der Waals surface area contributed by atoms with Gasteiger partial charge < -0.3 is 10.1 Å². The number of amides is 2. The minimum Gasteiger partial charge on any atom is -0.491 e. The molecule has 3 N–H and O–H groups in total. The Hall–Kier alpha value is -3.94. The Morgan fingerprint density at radius 2 is 1.90 bits per heavy atom. The Morgan fingerprint density at radius 1 is 1.06 bits per heavy atom. The van der Waals surface area contributed by atoms with Crippen LogP contribution in [0, 0.1) is 0 Å². The summed E-state index contributed by atoms with van der Waals surface area (Å²) in [5.41, 5.74) is 3.26. The normalized spacial score (nSPS) is 12.8. The number of hydrogen-bond donors (Lipinski definition) is 3. The Labute approximate surface area is 180 Å². The average molecular weight is 416 g/mol. The number of anilines is 1. The second-order valence-corrected chi connectivity index (χ2v) is 7.42. The fourth-order valence-electron chi connectivity index (χ4n) is 3.36. The first-order valence-corrected chi connectivity index (χ1v) is 10.1. The number of aromatic nitrogens is 4. The van der Waals surface area contributed by atoms with Crippen molar-refractivity contribution in [3.8, 4) is 16.9 Å². The summed E-state index contributed by atoms with van der Waals surface area (Å²) >= 11 is 0. The molecule has 0 aliphatic rings. The maximum Gasteiger partial charge on any atom is 0.320 e. The van der Waals surface area contributed by atoms with Crippen molar-refractivity contribution in [1.82, 2.24) is 25.5 Å². The number of fused-ring (bicyclic) bond motifs is 1. The van der Waals surface area contributed by atoms with Crippen molar-refractivity contribution in [2.24, 2.45) is 0 Å². The van der Waals surface area contributed by atoms with Gasteiger partial charge in [0.25, 0.3) is 0 Å². The first-order chi connectivity index (χ1) is 15.1. The Balaban J connectivity index is 1.35. The van der Waals surface area contributed by atoms with Gasteiger partial charge in [-0.15, -0.1) is 0 Å². The average Bonchev–Trinajstić information content (AvgIpc) is 3.28. The van der Waals surface area contributed by atoms with Crippen LogP contribution in [-0.4, -0.2) is 38.3 Å². The van der Waals surface area contributed by atoms with Gasteiger partial charge >= 0.3 is 6.03 Å². The summed E-state index contributed by atoms with van der Waals surface area (Å²) in [4.78, 5) is 21.4. The third-order valence-electron chi connectivity index (χ3n) is 4.75. The molecular formula is C23H24N6O2. The number of nitrogens with zero attached hydrogens (tertiary/aromatic N) is 3. The summed E-state index contributed by atoms with van der Waals surface area (Å²) in [5, 5.41) is 12.5. The van der Waals surface area contributed by atoms with Gasteiger partial charge in [-0.25, -0.2) is 9.78 Å². The van der Waals surface area contributed by atoms with Gasteiger partial charge in [0.15, 0.2) is 0 Å². The molecule has 0 aliphatic heterocycles. The number of urea groups is 1. The number of carbonyl (C=O) groups is 1. The fraction of sp³-hybridized carbons (Fsp3) is 0.217. The molecular weight excluding hydrogens is 392 g/mol. The van der Waals surface area contributed by atoms with Crippen molar-refractivity contribution < 1.29 is 9.53 Å². The van der Waals surface area contributed by atoms with E-state index in [9.17, 15) is 4.79 Å². The van der Waals surface area contributed by atoms with E-state index in [1.807, 2.05) is 56.3 Å². The van der Waals surface area contributed by atoms with E-state index < -0.39 is 0 Å². The lowest BCUT2D eigenvalue weighted by Gasteiger charge is -2.20. The monoisotopic (exact) mass is 416 g/mol. The van der Waals surface area contributed by atoms with Crippen molar-refractivity contribution in [2.45, 2.75) is 32.4 Å². The molecule has 8 heteroatoms. The quantitative estimate of drug-likeness (QED) is 0.414. The van der Waals surface area contributed by atoms with Gasteiger partial charge in [-0.3, -0.25) is 15.4 Å². The topological polar surface area (TPSA) is 105 Å². The molecule has 0 saturated heterocycles. The first kappa shape index (κ1) is 20.3. The summed E-state index contributed by atoms with van der Waals surface area (Å²) in [6.07, 6.45) is 5.93. The number of nitrogens with one attached hydrogen (secondary N) is 3. The van der Waals surface area contributed by atoms with E-state index in [-0.39, 0.29) is 18.2 Å². The molecule has 4 rings (SSSR count). The Morgan fingerprint density at radius 3 is 2.68 bits per heavy atom. The van der Waals surface area contributed by atoms with Crippen molar-refractivity contribution in [2.75, 3.05) is 5.32 Å². The fourth-order valence-corrected chi connectivity index (χ4v) is 3.36. The summed E-state index contributed by atoms with van der Waals surface area (Å²) in [7, 11) is 0. The molecule has 0 spiro atoms. The number of carbonyl (C=O) groups excluding carboxylic acids is 1. The number of rotatable bonds is 7. The van der Waals surface area contributed by atoms with Crippen LogP contribution in [0.1, 0.15) is 20.3 Å². The van der Waals surface area contributed by atoms with Crippen LogP contribution in [0.4, 0.5) is 10.6 Å². The van der Waals surface area contributed by atoms with E-state index in [4.69, 9.17) is 4.74 Å². The van der Waals surface area contributed by atoms with E-state index in [0.29, 0.717) is 17.8 Å². The zero-order valence-corrected chi connectivity index (χ0v) is 17.4. The van der Waals surface area contributed by atoms with Crippen LogP contribution in [0.3, 0.4) is 0 Å². The van der Waals surface area contributed by atoms with Gasteiger partial charge in [0.1, 0.15) is 11.6 Å². The van der Waals surface area contributed by atoms with Gasteiger partial charge in [-0.1, -0.05) is 18.2 Å². The molecule has 0 bridgehead atoms. The number of ether oxygens (including phenoxy) is 1. The summed E-state index contributed by atoms with van der Waals surface area (Å²) in [6.45, 7) is 3.93. The van der Waals surface area contributed by atoms with Gasteiger partial charge in [-0.2, -0.15) is 5.10 Å². The van der Waals surface area contributed by atoms with Gasteiger partial charge in [0.2, 0.25) is 0 Å². The SMILES string of the molecule is C[C@H](C[C@H](C)Oc1ccccc1)NC(=O)Nc1ccc2ncc(-c3cn[nH]c3)cc2n1. The van der Waals surface area contributed by atoms with Gasteiger partial charge in [0, 0.05) is 36.0 Å². The van der Waals surface area contributed by atoms with Crippen LogP contribution in [0.15, 0.2) is 67.1 Å². The van der Waals surface area contributed by atoms with E-state index in [0.717, 1.165) is 22.4 Å². The number of benzene rings is 1. The number of hydrogen-bond acceptors (Lipinski definition) is 5. The van der Waals surface area contributed by atoms with E-state index in [1.54, 1.807) is 24.7 Å². The maximum atomic E-state index is 12.4. The molecule has 0 fully saturated rings. The third-order valence-corrected chi connectivity index (χ3v) is 4.75. The van der Waals surface area contributed by atoms with Crippen molar-refractivity contribution in [1.29, 1.82) is 0 Å². The molecule has 31 heavy (non-hydrogen) atoms. The molecule has 8 nitrogen and oxygen atoms in total. The molecule has 1 aromatic carbocycles. The highest BCUT2D eigenvalue weighted by Gasteiger charge is 2.13. The summed E-state index contributed by atoms with van der Waals surface area (Å²) in [6, 6.07) is 14.7. The molecule has 0 radical (unpaired) electrons. The maximum absolute atomic E-state index is 12.4. The second-order valence-electron chi connectivity index (χ2n) is 7.42. The third kappa shape index (κ3) is 5.36. The second kappa shape index (κ2) is 9.25. The largest absolute Gasteiger partial charge is 0.491 e. The van der Waals surface area contributed by atoms with Crippen LogP contribution in [-0.2, 0) is 0 Å². The highest BCUT2D eigenvalue weighted by atomic mass is 16.5. The summed E-state index contributed by atoms with van der Waals surface area (Å²) < 4.78 is 5.88. The number of aromatic amines is 1. The van der Waals surface area contributed by atoms with Gasteiger partial charge in [0.05, 0.1) is 23.3 Å². The number of para-hydroxylation sites is 1. The molecule has 0 saturated carbocycles. The molecule has 0 unspecified atom stereocenters. The lowest BCUT2D eigenvalue weighted by Crippen LogP contribution is -2.38. The van der Waals surface area contributed by atoms with Crippen LogP contribution < -0.4 is 15.4 Å². The predicted molar refractivity (Wildman–Crippen MR) is 120 cm³/mol. The minimum absolute atomic E-state index is 0.0380. The van der Waals surface area contributed by atoms with Crippen LogP contribution in [0.5, 0.6) is 5.75 Å². The Kier molecular flexibility index (Phi) is 6.07. The highest BCUT2D eigenvalue weighted by Crippen LogP contribution is 2.21. The number of pyridine rings is 2. The summed E-state index contributed by atoms with van der Waals surface area (Å²) in [5.74, 6) is 1.27. The zero-order chi connectivity index (χ0) is 21.6.